The molecule has 4 rings (SSSR count). The third-order valence-corrected chi connectivity index (χ3v) is 6.34. The molecule has 0 bridgehead atoms. The van der Waals surface area contributed by atoms with Gasteiger partial charge in [-0.25, -0.2) is 4.98 Å². The molecule has 0 saturated carbocycles. The van der Waals surface area contributed by atoms with Crippen LogP contribution in [0, 0.1) is 5.92 Å². The predicted molar refractivity (Wildman–Crippen MR) is 129 cm³/mol. The lowest BCUT2D eigenvalue weighted by atomic mass is 9.94. The second-order valence-electron chi connectivity index (χ2n) is 8.80. The molecule has 1 aliphatic heterocycles. The third-order valence-electron chi connectivity index (χ3n) is 6.34. The number of benzene rings is 1. The van der Waals surface area contributed by atoms with E-state index in [2.05, 4.69) is 9.88 Å². The summed E-state index contributed by atoms with van der Waals surface area (Å²) in [6.07, 6.45) is 3.47. The fourth-order valence-electron chi connectivity index (χ4n) is 4.30. The molecule has 8 nitrogen and oxygen atoms in total. The Labute approximate surface area is 193 Å². The van der Waals surface area contributed by atoms with E-state index in [1.807, 2.05) is 43.4 Å². The van der Waals surface area contributed by atoms with Gasteiger partial charge in [-0.05, 0) is 30.7 Å². The molecule has 0 atom stereocenters. The normalized spacial score (nSPS) is 14.2. The minimum Gasteiger partial charge on any atom is -0.496 e. The standard InChI is InChI=1S/C25H30N4O4/c1-15(30)17-11-29(12-17)14-21-22(32-5)7-16(8-23(21)33-6)20-13-28(4)25(31)19-10-26-24(27(2)3)9-18(19)20/h7-10,13,17H,11-12,14H2,1-6H3. The van der Waals surface area contributed by atoms with Crippen molar-refractivity contribution >= 4 is 22.4 Å². The van der Waals surface area contributed by atoms with E-state index in [4.69, 9.17) is 9.47 Å². The van der Waals surface area contributed by atoms with Crippen molar-refractivity contribution in [1.82, 2.24) is 14.5 Å². The van der Waals surface area contributed by atoms with Gasteiger partial charge in [0.05, 0.1) is 25.2 Å². The van der Waals surface area contributed by atoms with Crippen molar-refractivity contribution in [3.63, 3.8) is 0 Å². The molecule has 174 valence electrons. The molecule has 1 saturated heterocycles. The van der Waals surface area contributed by atoms with E-state index in [0.717, 1.165) is 41.0 Å². The van der Waals surface area contributed by atoms with Crippen LogP contribution in [0.15, 0.2) is 35.4 Å². The van der Waals surface area contributed by atoms with Crippen LogP contribution in [-0.2, 0) is 18.4 Å². The van der Waals surface area contributed by atoms with E-state index in [-0.39, 0.29) is 17.3 Å². The first-order valence-corrected chi connectivity index (χ1v) is 10.9. The summed E-state index contributed by atoms with van der Waals surface area (Å²) in [5.41, 5.74) is 2.62. The Morgan fingerprint density at radius 3 is 2.30 bits per heavy atom. The Hall–Kier alpha value is -3.39. The van der Waals surface area contributed by atoms with E-state index in [9.17, 15) is 9.59 Å². The highest BCUT2D eigenvalue weighted by Crippen LogP contribution is 2.39. The summed E-state index contributed by atoms with van der Waals surface area (Å²) in [6.45, 7) is 3.77. The van der Waals surface area contributed by atoms with E-state index < -0.39 is 0 Å². The molecule has 3 heterocycles. The van der Waals surface area contributed by atoms with Crippen LogP contribution in [0.25, 0.3) is 21.9 Å². The van der Waals surface area contributed by atoms with Gasteiger partial charge in [-0.15, -0.1) is 0 Å². The van der Waals surface area contributed by atoms with Gasteiger partial charge in [-0.1, -0.05) is 0 Å². The molecule has 8 heteroatoms. The number of likely N-dealkylation sites (tertiary alicyclic amines) is 1. The lowest BCUT2D eigenvalue weighted by molar-refractivity contribution is -0.126. The van der Waals surface area contributed by atoms with E-state index in [0.29, 0.717) is 23.4 Å². The number of hydrogen-bond acceptors (Lipinski definition) is 7. The Balaban J connectivity index is 1.83. The molecule has 0 amide bonds. The van der Waals surface area contributed by atoms with Crippen molar-refractivity contribution in [3.8, 4) is 22.6 Å². The highest BCUT2D eigenvalue weighted by Gasteiger charge is 2.31. The fourth-order valence-corrected chi connectivity index (χ4v) is 4.30. The second-order valence-corrected chi connectivity index (χ2v) is 8.80. The zero-order chi connectivity index (χ0) is 23.9. The number of anilines is 1. The number of methoxy groups -OCH3 is 2. The molecule has 0 aliphatic carbocycles. The molecule has 1 aliphatic rings. The van der Waals surface area contributed by atoms with Gasteiger partial charge in [-0.3, -0.25) is 14.5 Å². The largest absolute Gasteiger partial charge is 0.496 e. The average molecular weight is 451 g/mol. The van der Waals surface area contributed by atoms with Crippen LogP contribution in [-0.4, -0.2) is 61.6 Å². The molecule has 0 radical (unpaired) electrons. The molecule has 3 aromatic rings. The molecule has 0 unspecified atom stereocenters. The predicted octanol–water partition coefficient (Wildman–Crippen LogP) is 2.70. The first kappa shape index (κ1) is 22.8. The number of carbonyl (C=O) groups is 1. The highest BCUT2D eigenvalue weighted by atomic mass is 16.5. The minimum absolute atomic E-state index is 0.0973. The van der Waals surface area contributed by atoms with Crippen LogP contribution < -0.4 is 19.9 Å². The van der Waals surface area contributed by atoms with Gasteiger partial charge in [0, 0.05) is 70.0 Å². The summed E-state index contributed by atoms with van der Waals surface area (Å²) in [5, 5.41) is 1.37. The van der Waals surface area contributed by atoms with Crippen LogP contribution in [0.1, 0.15) is 12.5 Å². The van der Waals surface area contributed by atoms with Crippen molar-refractivity contribution in [2.45, 2.75) is 13.5 Å². The third kappa shape index (κ3) is 4.18. The molecular weight excluding hydrogens is 420 g/mol. The summed E-state index contributed by atoms with van der Waals surface area (Å²) in [6, 6.07) is 5.89. The fraction of sp³-hybridized carbons (Fsp3) is 0.400. The van der Waals surface area contributed by atoms with Crippen LogP contribution in [0.5, 0.6) is 11.5 Å². The molecule has 2 aromatic heterocycles. The zero-order valence-corrected chi connectivity index (χ0v) is 20.0. The van der Waals surface area contributed by atoms with Gasteiger partial charge in [0.2, 0.25) is 0 Å². The first-order chi connectivity index (χ1) is 15.7. The van der Waals surface area contributed by atoms with Crippen molar-refractivity contribution in [1.29, 1.82) is 0 Å². The smallest absolute Gasteiger partial charge is 0.259 e. The number of aryl methyl sites for hydroxylation is 1. The Bertz CT molecular complexity index is 1250. The molecule has 1 fully saturated rings. The van der Waals surface area contributed by atoms with Crippen molar-refractivity contribution in [3.05, 3.63) is 46.5 Å². The minimum atomic E-state index is -0.0973. The topological polar surface area (TPSA) is 76.9 Å². The molecule has 1 aromatic carbocycles. The van der Waals surface area contributed by atoms with Gasteiger partial charge in [-0.2, -0.15) is 0 Å². The summed E-state index contributed by atoms with van der Waals surface area (Å²) in [5.74, 6) is 2.52. The maximum atomic E-state index is 12.8. The van der Waals surface area contributed by atoms with Gasteiger partial charge in [0.1, 0.15) is 23.1 Å². The number of hydrogen-bond donors (Lipinski definition) is 0. The summed E-state index contributed by atoms with van der Waals surface area (Å²) in [4.78, 5) is 32.9. The summed E-state index contributed by atoms with van der Waals surface area (Å²) >= 11 is 0. The maximum Gasteiger partial charge on any atom is 0.259 e. The number of Topliss-reactive ketones (excluding diaryl/α,β-unsaturated/α-hetero) is 1. The molecule has 33 heavy (non-hydrogen) atoms. The Morgan fingerprint density at radius 1 is 1.12 bits per heavy atom. The second kappa shape index (κ2) is 8.86. The Kier molecular flexibility index (Phi) is 6.12. The summed E-state index contributed by atoms with van der Waals surface area (Å²) < 4.78 is 13.1. The quantitative estimate of drug-likeness (QED) is 0.548. The highest BCUT2D eigenvalue weighted by molar-refractivity contribution is 5.97. The first-order valence-electron chi connectivity index (χ1n) is 10.9. The van der Waals surface area contributed by atoms with Gasteiger partial charge in [0.25, 0.3) is 5.56 Å². The van der Waals surface area contributed by atoms with E-state index in [1.54, 1.807) is 39.0 Å². The Morgan fingerprint density at radius 2 is 1.76 bits per heavy atom. The van der Waals surface area contributed by atoms with Gasteiger partial charge in [0.15, 0.2) is 0 Å². The molecular formula is C25H30N4O4. The number of rotatable bonds is 7. The number of nitrogens with zero attached hydrogens (tertiary/aromatic N) is 4. The monoisotopic (exact) mass is 450 g/mol. The number of pyridine rings is 2. The number of fused-ring (bicyclic) bond motifs is 1. The summed E-state index contributed by atoms with van der Waals surface area (Å²) in [7, 11) is 8.86. The van der Waals surface area contributed by atoms with Gasteiger partial charge >= 0.3 is 0 Å². The van der Waals surface area contributed by atoms with E-state index >= 15 is 0 Å². The van der Waals surface area contributed by atoms with E-state index in [1.165, 1.54) is 0 Å². The molecule has 0 spiro atoms. The van der Waals surface area contributed by atoms with Crippen molar-refractivity contribution < 1.29 is 14.3 Å². The average Bonchev–Trinajstić information content (AvgIpc) is 2.77. The zero-order valence-electron chi connectivity index (χ0n) is 20.0. The van der Waals surface area contributed by atoms with Gasteiger partial charge < -0.3 is 18.9 Å². The van der Waals surface area contributed by atoms with Crippen molar-refractivity contribution in [2.75, 3.05) is 46.3 Å². The molecule has 0 N–H and O–H groups in total. The maximum absolute atomic E-state index is 12.8. The van der Waals surface area contributed by atoms with Crippen LogP contribution in [0.4, 0.5) is 5.82 Å². The number of ether oxygens (including phenoxy) is 2. The van der Waals surface area contributed by atoms with Crippen LogP contribution in [0.2, 0.25) is 0 Å². The number of ketones is 1. The lowest BCUT2D eigenvalue weighted by Gasteiger charge is -2.38. The SMILES string of the molecule is COc1cc(-c2cn(C)c(=O)c3cnc(N(C)C)cc23)cc(OC)c1CN1CC(C(C)=O)C1. The number of aromatic nitrogens is 2. The van der Waals surface area contributed by atoms with Crippen LogP contribution >= 0.6 is 0 Å². The van der Waals surface area contributed by atoms with Crippen LogP contribution in [0.3, 0.4) is 0 Å². The number of carbonyl (C=O) groups excluding carboxylic acids is 1. The van der Waals surface area contributed by atoms with Crippen molar-refractivity contribution in [2.24, 2.45) is 13.0 Å². The lowest BCUT2D eigenvalue weighted by Crippen LogP contribution is -2.49.